The molecule has 1 N–H and O–H groups in total. The van der Waals surface area contributed by atoms with Crippen LogP contribution in [-0.4, -0.2) is 31.8 Å². The maximum Gasteiger partial charge on any atom is 0.273 e. The van der Waals surface area contributed by atoms with Gasteiger partial charge >= 0.3 is 0 Å². The Hall–Kier alpha value is -2.80. The van der Waals surface area contributed by atoms with E-state index in [0.29, 0.717) is 29.5 Å². The minimum absolute atomic E-state index is 0.233. The van der Waals surface area contributed by atoms with Gasteiger partial charge < -0.3 is 19.3 Å². The summed E-state index contributed by atoms with van der Waals surface area (Å²) >= 11 is 1.54. The molecule has 0 saturated heterocycles. The lowest BCUT2D eigenvalue weighted by Gasteiger charge is -2.09. The Morgan fingerprint density at radius 3 is 2.77 bits per heavy atom. The fourth-order valence-corrected chi connectivity index (χ4v) is 3.21. The summed E-state index contributed by atoms with van der Waals surface area (Å²) < 4.78 is 15.8. The highest BCUT2D eigenvalue weighted by Crippen LogP contribution is 2.28. The molecule has 0 aliphatic heterocycles. The van der Waals surface area contributed by atoms with Gasteiger partial charge in [-0.2, -0.15) is 0 Å². The molecule has 3 aromatic rings. The number of nitrogens with zero attached hydrogens (tertiary/aromatic N) is 1. The maximum absolute atomic E-state index is 12.2. The number of nitrogens with one attached hydrogen (secondary N) is 1. The number of carbonyl (C=O) groups is 1. The van der Waals surface area contributed by atoms with Gasteiger partial charge in [0.2, 0.25) is 0 Å². The molecule has 0 spiro atoms. The fraction of sp³-hybridized carbons (Fsp3) is 0.263. The molecular formula is C19H20N2O4S. The van der Waals surface area contributed by atoms with Crippen LogP contribution in [0.2, 0.25) is 0 Å². The molecule has 1 aromatic carbocycles. The van der Waals surface area contributed by atoms with Gasteiger partial charge in [-0.25, -0.2) is 0 Å². The average Bonchev–Trinajstić information content (AvgIpc) is 3.36. The van der Waals surface area contributed by atoms with Crippen molar-refractivity contribution < 1.29 is 18.8 Å². The molecule has 1 amide bonds. The molecule has 0 unspecified atom stereocenters. The second-order valence-corrected chi connectivity index (χ2v) is 6.55. The maximum atomic E-state index is 12.2. The van der Waals surface area contributed by atoms with Crippen molar-refractivity contribution in [3.05, 3.63) is 53.0 Å². The first-order valence-corrected chi connectivity index (χ1v) is 9.09. The minimum atomic E-state index is -0.233. The third-order valence-corrected chi connectivity index (χ3v) is 4.77. The van der Waals surface area contributed by atoms with Crippen molar-refractivity contribution in [3.8, 4) is 22.1 Å². The van der Waals surface area contributed by atoms with Crippen molar-refractivity contribution in [2.45, 2.75) is 12.8 Å². The molecule has 3 rings (SSSR count). The number of methoxy groups -OCH3 is 2. The highest BCUT2D eigenvalue weighted by Gasteiger charge is 2.13. The van der Waals surface area contributed by atoms with E-state index in [-0.39, 0.29) is 5.91 Å². The molecular weight excluding hydrogens is 352 g/mol. The van der Waals surface area contributed by atoms with Crippen LogP contribution in [0.1, 0.15) is 22.5 Å². The molecule has 0 bridgehead atoms. The Labute approximate surface area is 155 Å². The van der Waals surface area contributed by atoms with E-state index in [1.807, 2.05) is 35.7 Å². The predicted molar refractivity (Wildman–Crippen MR) is 100 cm³/mol. The number of thiophene rings is 1. The smallest absolute Gasteiger partial charge is 0.273 e. The van der Waals surface area contributed by atoms with Crippen LogP contribution < -0.4 is 14.8 Å². The summed E-state index contributed by atoms with van der Waals surface area (Å²) in [5.41, 5.74) is 1.41. The number of benzene rings is 1. The van der Waals surface area contributed by atoms with Gasteiger partial charge in [-0.3, -0.25) is 4.79 Å². The van der Waals surface area contributed by atoms with Crippen LogP contribution in [0.4, 0.5) is 0 Å². The van der Waals surface area contributed by atoms with E-state index in [2.05, 4.69) is 10.5 Å². The summed E-state index contributed by atoms with van der Waals surface area (Å²) in [6.45, 7) is 0.550. The van der Waals surface area contributed by atoms with Crippen molar-refractivity contribution >= 4 is 17.2 Å². The monoisotopic (exact) mass is 372 g/mol. The zero-order chi connectivity index (χ0) is 18.4. The van der Waals surface area contributed by atoms with E-state index in [4.69, 9.17) is 14.0 Å². The van der Waals surface area contributed by atoms with Crippen LogP contribution in [0.3, 0.4) is 0 Å². The summed E-state index contributed by atoms with van der Waals surface area (Å²) in [4.78, 5) is 13.1. The van der Waals surface area contributed by atoms with E-state index >= 15 is 0 Å². The Morgan fingerprint density at radius 1 is 1.19 bits per heavy atom. The number of aromatic nitrogens is 1. The predicted octanol–water partition coefficient (Wildman–Crippen LogP) is 3.78. The van der Waals surface area contributed by atoms with Crippen LogP contribution in [0.15, 0.2) is 46.3 Å². The van der Waals surface area contributed by atoms with Gasteiger partial charge in [-0.05, 0) is 42.0 Å². The third kappa shape index (κ3) is 4.23. The van der Waals surface area contributed by atoms with Gasteiger partial charge in [0, 0.05) is 12.6 Å². The molecule has 0 aliphatic rings. The highest BCUT2D eigenvalue weighted by atomic mass is 32.1. The van der Waals surface area contributed by atoms with Gasteiger partial charge in [-0.1, -0.05) is 17.3 Å². The minimum Gasteiger partial charge on any atom is -0.493 e. The summed E-state index contributed by atoms with van der Waals surface area (Å²) in [5.74, 6) is 1.79. The largest absolute Gasteiger partial charge is 0.493 e. The second-order valence-electron chi connectivity index (χ2n) is 5.60. The van der Waals surface area contributed by atoms with Crippen molar-refractivity contribution in [1.82, 2.24) is 10.5 Å². The molecule has 6 nitrogen and oxygen atoms in total. The Balaban J connectivity index is 1.48. The standard InChI is InChI=1S/C19H20N2O4S/c1-23-15-8-7-13(11-16(15)24-2)5-3-9-20-19(22)14-12-17(25-21-14)18-6-4-10-26-18/h4,6-8,10-12H,3,5,9H2,1-2H3,(H,20,22). The first-order chi connectivity index (χ1) is 12.7. The molecule has 0 aliphatic carbocycles. The fourth-order valence-electron chi connectivity index (χ4n) is 2.54. The molecule has 136 valence electrons. The summed E-state index contributed by atoms with van der Waals surface area (Å²) in [6.07, 6.45) is 1.62. The van der Waals surface area contributed by atoms with E-state index in [0.717, 1.165) is 23.3 Å². The zero-order valence-corrected chi connectivity index (χ0v) is 15.5. The molecule has 26 heavy (non-hydrogen) atoms. The van der Waals surface area contributed by atoms with Gasteiger partial charge in [0.15, 0.2) is 23.0 Å². The topological polar surface area (TPSA) is 73.6 Å². The number of hydrogen-bond acceptors (Lipinski definition) is 6. The molecule has 7 heteroatoms. The van der Waals surface area contributed by atoms with E-state index < -0.39 is 0 Å². The molecule has 2 heterocycles. The Kier molecular flexibility index (Phi) is 5.91. The zero-order valence-electron chi connectivity index (χ0n) is 14.7. The first-order valence-electron chi connectivity index (χ1n) is 8.21. The van der Waals surface area contributed by atoms with E-state index in [1.165, 1.54) is 0 Å². The summed E-state index contributed by atoms with van der Waals surface area (Å²) in [5, 5.41) is 8.66. The van der Waals surface area contributed by atoms with Gasteiger partial charge in [0.1, 0.15) is 0 Å². The van der Waals surface area contributed by atoms with Crippen LogP contribution in [0, 0.1) is 0 Å². The SMILES string of the molecule is COc1ccc(CCCNC(=O)c2cc(-c3cccs3)on2)cc1OC. The average molecular weight is 372 g/mol. The summed E-state index contributed by atoms with van der Waals surface area (Å²) in [6, 6.07) is 11.3. The first kappa shape index (κ1) is 18.0. The van der Waals surface area contributed by atoms with Gasteiger partial charge in [0.25, 0.3) is 5.91 Å². The van der Waals surface area contributed by atoms with Gasteiger partial charge in [-0.15, -0.1) is 11.3 Å². The molecule has 0 radical (unpaired) electrons. The lowest BCUT2D eigenvalue weighted by atomic mass is 10.1. The molecule has 0 atom stereocenters. The van der Waals surface area contributed by atoms with Crippen molar-refractivity contribution in [2.75, 3.05) is 20.8 Å². The van der Waals surface area contributed by atoms with E-state index in [9.17, 15) is 4.79 Å². The lowest BCUT2D eigenvalue weighted by molar-refractivity contribution is 0.0944. The number of carbonyl (C=O) groups excluding carboxylic acids is 1. The normalized spacial score (nSPS) is 10.5. The summed E-state index contributed by atoms with van der Waals surface area (Å²) in [7, 11) is 3.23. The Bertz CT molecular complexity index is 858. The Morgan fingerprint density at radius 2 is 2.04 bits per heavy atom. The molecule has 0 fully saturated rings. The lowest BCUT2D eigenvalue weighted by Crippen LogP contribution is -2.25. The third-order valence-electron chi connectivity index (χ3n) is 3.88. The number of rotatable bonds is 8. The van der Waals surface area contributed by atoms with Crippen molar-refractivity contribution in [2.24, 2.45) is 0 Å². The number of aryl methyl sites for hydroxylation is 1. The van der Waals surface area contributed by atoms with E-state index in [1.54, 1.807) is 31.6 Å². The molecule has 0 saturated carbocycles. The van der Waals surface area contributed by atoms with Crippen molar-refractivity contribution in [3.63, 3.8) is 0 Å². The van der Waals surface area contributed by atoms with Crippen LogP contribution in [-0.2, 0) is 6.42 Å². The number of hydrogen-bond donors (Lipinski definition) is 1. The van der Waals surface area contributed by atoms with Crippen molar-refractivity contribution in [1.29, 1.82) is 0 Å². The van der Waals surface area contributed by atoms with Crippen LogP contribution >= 0.6 is 11.3 Å². The number of ether oxygens (including phenoxy) is 2. The van der Waals surface area contributed by atoms with Crippen LogP contribution in [0.25, 0.3) is 10.6 Å². The van der Waals surface area contributed by atoms with Gasteiger partial charge in [0.05, 0.1) is 19.1 Å². The highest BCUT2D eigenvalue weighted by molar-refractivity contribution is 7.13. The molecule has 2 aromatic heterocycles. The van der Waals surface area contributed by atoms with Crippen LogP contribution in [0.5, 0.6) is 11.5 Å². The number of amides is 1. The quantitative estimate of drug-likeness (QED) is 0.609. The second kappa shape index (κ2) is 8.53.